The first-order chi connectivity index (χ1) is 9.72. The van der Waals surface area contributed by atoms with E-state index in [-0.39, 0.29) is 6.10 Å². The highest BCUT2D eigenvalue weighted by Crippen LogP contribution is 2.12. The average molecular weight is 290 g/mol. The highest BCUT2D eigenvalue weighted by Gasteiger charge is 2.26. The molecule has 3 atom stereocenters. The third-order valence-electron chi connectivity index (χ3n) is 3.19. The summed E-state index contributed by atoms with van der Waals surface area (Å²) in [5.74, 6) is 0. The molecule has 0 aromatic rings. The Bertz CT molecular complexity index is 202. The molecule has 20 heavy (non-hydrogen) atoms. The maximum absolute atomic E-state index is 8.92. The first-order valence-corrected chi connectivity index (χ1v) is 7.82. The number of aliphatic hydroxyl groups excluding tert-OH is 2. The number of rotatable bonds is 11. The lowest BCUT2D eigenvalue weighted by Gasteiger charge is -2.02. The first-order valence-electron chi connectivity index (χ1n) is 7.82. The minimum Gasteiger partial charge on any atom is -0.396 e. The molecule has 2 N–H and O–H groups in total. The van der Waals surface area contributed by atoms with Crippen molar-refractivity contribution in [2.75, 3.05) is 33.0 Å². The molecule has 2 rings (SSSR count). The minimum atomic E-state index is -0.146. The molecule has 2 aliphatic heterocycles. The van der Waals surface area contributed by atoms with E-state index in [4.69, 9.17) is 24.4 Å². The Kier molecular flexibility index (Phi) is 10.2. The number of hydrogen-bond donors (Lipinski definition) is 2. The molecular weight excluding hydrogens is 260 g/mol. The third kappa shape index (κ3) is 12.8. The summed E-state index contributed by atoms with van der Waals surface area (Å²) in [7, 11) is 0. The van der Waals surface area contributed by atoms with Gasteiger partial charge < -0.3 is 24.4 Å². The quantitative estimate of drug-likeness (QED) is 0.445. The van der Waals surface area contributed by atoms with Crippen LogP contribution in [0.15, 0.2) is 0 Å². The van der Waals surface area contributed by atoms with Crippen LogP contribution in [0.5, 0.6) is 0 Å². The summed E-state index contributed by atoms with van der Waals surface area (Å²) in [4.78, 5) is 0. The summed E-state index contributed by atoms with van der Waals surface area (Å²) in [6.45, 7) is 5.40. The summed E-state index contributed by atoms with van der Waals surface area (Å²) in [5.41, 5.74) is 0. The van der Waals surface area contributed by atoms with Gasteiger partial charge in [-0.3, -0.25) is 0 Å². The molecule has 0 amide bonds. The van der Waals surface area contributed by atoms with Crippen molar-refractivity contribution in [3.05, 3.63) is 0 Å². The highest BCUT2D eigenvalue weighted by atomic mass is 16.6. The van der Waals surface area contributed by atoms with Crippen LogP contribution < -0.4 is 0 Å². The van der Waals surface area contributed by atoms with E-state index in [0.29, 0.717) is 18.8 Å². The molecule has 0 radical (unpaired) electrons. The number of ether oxygens (including phenoxy) is 3. The van der Waals surface area contributed by atoms with Gasteiger partial charge in [0, 0.05) is 6.61 Å². The molecule has 0 aromatic heterocycles. The molecule has 3 unspecified atom stereocenters. The predicted molar refractivity (Wildman–Crippen MR) is 76.8 cm³/mol. The summed E-state index contributed by atoms with van der Waals surface area (Å²) in [6.07, 6.45) is 7.09. The van der Waals surface area contributed by atoms with E-state index in [9.17, 15) is 0 Å². The van der Waals surface area contributed by atoms with Crippen LogP contribution >= 0.6 is 0 Å². The van der Waals surface area contributed by atoms with E-state index in [1.807, 2.05) is 6.92 Å². The Labute approximate surface area is 122 Å². The van der Waals surface area contributed by atoms with E-state index < -0.39 is 0 Å². The van der Waals surface area contributed by atoms with Gasteiger partial charge in [0.2, 0.25) is 0 Å². The van der Waals surface area contributed by atoms with Gasteiger partial charge in [-0.15, -0.1) is 0 Å². The zero-order valence-corrected chi connectivity index (χ0v) is 12.6. The van der Waals surface area contributed by atoms with Crippen LogP contribution in [0.3, 0.4) is 0 Å². The maximum Gasteiger partial charge on any atom is 0.104 e. The molecule has 5 nitrogen and oxygen atoms in total. The zero-order chi connectivity index (χ0) is 14.6. The van der Waals surface area contributed by atoms with Gasteiger partial charge in [-0.1, -0.05) is 25.7 Å². The Hall–Kier alpha value is -0.200. The molecule has 0 bridgehead atoms. The fourth-order valence-electron chi connectivity index (χ4n) is 1.74. The lowest BCUT2D eigenvalue weighted by atomic mass is 10.1. The normalized spacial score (nSPS) is 24.8. The smallest absolute Gasteiger partial charge is 0.104 e. The van der Waals surface area contributed by atoms with Crippen LogP contribution in [-0.2, 0) is 14.2 Å². The summed E-state index contributed by atoms with van der Waals surface area (Å²) in [6, 6.07) is 0. The third-order valence-corrected chi connectivity index (χ3v) is 3.19. The van der Waals surface area contributed by atoms with Gasteiger partial charge in [0.15, 0.2) is 0 Å². The van der Waals surface area contributed by atoms with Crippen molar-refractivity contribution >= 4 is 0 Å². The van der Waals surface area contributed by atoms with E-state index in [1.54, 1.807) is 0 Å². The van der Waals surface area contributed by atoms with E-state index >= 15 is 0 Å². The monoisotopic (exact) mass is 290 g/mol. The summed E-state index contributed by atoms with van der Waals surface area (Å²) >= 11 is 0. The SMILES string of the molecule is C(OCC1CO1)C1CO1.CC(O)CCCCCCCO. The van der Waals surface area contributed by atoms with Crippen molar-refractivity contribution < 1.29 is 24.4 Å². The van der Waals surface area contributed by atoms with E-state index in [1.165, 1.54) is 12.8 Å². The second kappa shape index (κ2) is 11.5. The molecule has 5 heteroatoms. The molecular formula is C15H30O5. The van der Waals surface area contributed by atoms with Crippen molar-refractivity contribution in [1.29, 1.82) is 0 Å². The van der Waals surface area contributed by atoms with Crippen LogP contribution in [0.2, 0.25) is 0 Å². The second-order valence-corrected chi connectivity index (χ2v) is 5.58. The van der Waals surface area contributed by atoms with Crippen molar-refractivity contribution in [2.45, 2.75) is 63.8 Å². The van der Waals surface area contributed by atoms with Crippen LogP contribution in [0.4, 0.5) is 0 Å². The van der Waals surface area contributed by atoms with Crippen LogP contribution in [0.1, 0.15) is 45.4 Å². The second-order valence-electron chi connectivity index (χ2n) is 5.58. The van der Waals surface area contributed by atoms with Gasteiger partial charge in [0.25, 0.3) is 0 Å². The van der Waals surface area contributed by atoms with Gasteiger partial charge in [-0.25, -0.2) is 0 Å². The largest absolute Gasteiger partial charge is 0.396 e. The first kappa shape index (κ1) is 17.9. The summed E-state index contributed by atoms with van der Waals surface area (Å²) < 4.78 is 15.1. The molecule has 0 aliphatic carbocycles. The topological polar surface area (TPSA) is 74.8 Å². The number of unbranched alkanes of at least 4 members (excludes halogenated alkanes) is 4. The lowest BCUT2D eigenvalue weighted by molar-refractivity contribution is 0.102. The van der Waals surface area contributed by atoms with Gasteiger partial charge in [-0.05, 0) is 19.8 Å². The fourth-order valence-corrected chi connectivity index (χ4v) is 1.74. The molecule has 2 fully saturated rings. The lowest BCUT2D eigenvalue weighted by Crippen LogP contribution is -2.06. The van der Waals surface area contributed by atoms with Gasteiger partial charge in [-0.2, -0.15) is 0 Å². The Morgan fingerprint density at radius 1 is 1.00 bits per heavy atom. The van der Waals surface area contributed by atoms with Crippen molar-refractivity contribution in [1.82, 2.24) is 0 Å². The van der Waals surface area contributed by atoms with Crippen molar-refractivity contribution in [3.63, 3.8) is 0 Å². The van der Waals surface area contributed by atoms with Crippen LogP contribution in [0, 0.1) is 0 Å². The average Bonchev–Trinajstić information content (AvgIpc) is 3.28. The predicted octanol–water partition coefficient (Wildman–Crippen LogP) is 1.50. The van der Waals surface area contributed by atoms with E-state index in [2.05, 4.69) is 0 Å². The molecule has 0 aromatic carbocycles. The van der Waals surface area contributed by atoms with Gasteiger partial charge in [0.05, 0.1) is 32.5 Å². The molecule has 0 spiro atoms. The number of hydrogen-bond acceptors (Lipinski definition) is 5. The van der Waals surface area contributed by atoms with Crippen LogP contribution in [-0.4, -0.2) is 61.6 Å². The maximum atomic E-state index is 8.92. The van der Waals surface area contributed by atoms with Gasteiger partial charge >= 0.3 is 0 Å². The van der Waals surface area contributed by atoms with E-state index in [0.717, 1.165) is 52.1 Å². The molecule has 2 saturated heterocycles. The standard InChI is InChI=1S/C9H20O2.C6H10O3/c1-9(11)7-5-3-2-4-6-8-10;1(5-3-8-5)7-2-6-4-9-6/h9-11H,2-8H2,1H3;5-6H,1-4H2. The molecule has 120 valence electrons. The molecule has 2 aliphatic rings. The van der Waals surface area contributed by atoms with Crippen LogP contribution in [0.25, 0.3) is 0 Å². The summed E-state index contributed by atoms with van der Waals surface area (Å²) in [5, 5.41) is 17.4. The molecule has 2 heterocycles. The minimum absolute atomic E-state index is 0.146. The molecule has 0 saturated carbocycles. The Morgan fingerprint density at radius 2 is 1.50 bits per heavy atom. The van der Waals surface area contributed by atoms with Gasteiger partial charge in [0.1, 0.15) is 12.2 Å². The Morgan fingerprint density at radius 3 is 1.95 bits per heavy atom. The number of aliphatic hydroxyl groups is 2. The Balaban J connectivity index is 0.000000202. The zero-order valence-electron chi connectivity index (χ0n) is 12.6. The highest BCUT2D eigenvalue weighted by molar-refractivity contribution is 4.71. The van der Waals surface area contributed by atoms with Crippen molar-refractivity contribution in [3.8, 4) is 0 Å². The van der Waals surface area contributed by atoms with Crippen molar-refractivity contribution in [2.24, 2.45) is 0 Å². The number of epoxide rings is 2. The fraction of sp³-hybridized carbons (Fsp3) is 1.00.